The fourth-order valence-electron chi connectivity index (χ4n) is 1.90. The molecule has 0 aromatic heterocycles. The Bertz CT molecular complexity index is 297. The minimum atomic E-state index is -0.923. The molecule has 1 heterocycles. The van der Waals surface area contributed by atoms with E-state index < -0.39 is 12.0 Å². The number of aliphatic carboxylic acids is 1. The highest BCUT2D eigenvalue weighted by Crippen LogP contribution is 2.20. The van der Waals surface area contributed by atoms with Crippen LogP contribution in [0.15, 0.2) is 0 Å². The second kappa shape index (κ2) is 5.49. The third-order valence-electron chi connectivity index (χ3n) is 2.96. The first-order valence-corrected chi connectivity index (χ1v) is 6.03. The lowest BCUT2D eigenvalue weighted by molar-refractivity contribution is -0.143. The first-order chi connectivity index (χ1) is 7.79. The predicted molar refractivity (Wildman–Crippen MR) is 64.7 cm³/mol. The van der Waals surface area contributed by atoms with Crippen LogP contribution in [0.3, 0.4) is 0 Å². The number of nitrogens with zero attached hydrogens (tertiary/aromatic N) is 1. The van der Waals surface area contributed by atoms with Crippen LogP contribution in [-0.2, 0) is 9.59 Å². The molecule has 98 valence electrons. The second-order valence-corrected chi connectivity index (χ2v) is 5.75. The Kier molecular flexibility index (Phi) is 4.51. The molecular formula is C12H22N2O3. The van der Waals surface area contributed by atoms with E-state index in [4.69, 9.17) is 5.11 Å². The van der Waals surface area contributed by atoms with Gasteiger partial charge < -0.3 is 10.4 Å². The summed E-state index contributed by atoms with van der Waals surface area (Å²) in [6.45, 7) is 8.55. The van der Waals surface area contributed by atoms with Gasteiger partial charge in [0.05, 0.1) is 12.5 Å². The third kappa shape index (κ3) is 4.73. The minimum Gasteiger partial charge on any atom is -0.481 e. The van der Waals surface area contributed by atoms with E-state index >= 15 is 0 Å². The first kappa shape index (κ1) is 14.0. The predicted octanol–water partition coefficient (Wildman–Crippen LogP) is 0.698. The van der Waals surface area contributed by atoms with Gasteiger partial charge in [-0.3, -0.25) is 14.5 Å². The number of carboxylic acids is 1. The van der Waals surface area contributed by atoms with Crippen LogP contribution in [0.4, 0.5) is 0 Å². The molecule has 2 N–H and O–H groups in total. The maximum absolute atomic E-state index is 11.6. The van der Waals surface area contributed by atoms with Gasteiger partial charge in [-0.15, -0.1) is 0 Å². The lowest BCUT2D eigenvalue weighted by Crippen LogP contribution is -2.56. The Morgan fingerprint density at radius 2 is 2.18 bits per heavy atom. The molecule has 0 saturated carbocycles. The van der Waals surface area contributed by atoms with Crippen molar-refractivity contribution in [3.05, 3.63) is 0 Å². The van der Waals surface area contributed by atoms with E-state index in [2.05, 4.69) is 26.1 Å². The van der Waals surface area contributed by atoms with Crippen LogP contribution in [0, 0.1) is 5.41 Å². The molecule has 1 rings (SSSR count). The number of carbonyl (C=O) groups excluding carboxylic acids is 1. The quantitative estimate of drug-likeness (QED) is 0.761. The Hall–Kier alpha value is -1.10. The van der Waals surface area contributed by atoms with Crippen LogP contribution in [0.1, 0.15) is 33.6 Å². The van der Waals surface area contributed by atoms with Gasteiger partial charge in [0.1, 0.15) is 0 Å². The SMILES string of the molecule is CC(C)(C)CCN1CCNC(=O)C1CC(=O)O. The van der Waals surface area contributed by atoms with Gasteiger partial charge in [-0.1, -0.05) is 20.8 Å². The molecule has 1 saturated heterocycles. The van der Waals surface area contributed by atoms with Crippen molar-refractivity contribution in [1.82, 2.24) is 10.2 Å². The number of nitrogens with one attached hydrogen (secondary N) is 1. The summed E-state index contributed by atoms with van der Waals surface area (Å²) in [6, 6.07) is -0.511. The van der Waals surface area contributed by atoms with Crippen molar-refractivity contribution in [2.24, 2.45) is 5.41 Å². The van der Waals surface area contributed by atoms with Gasteiger partial charge in [0.15, 0.2) is 0 Å². The summed E-state index contributed by atoms with van der Waals surface area (Å²) in [7, 11) is 0. The summed E-state index contributed by atoms with van der Waals surface area (Å²) in [4.78, 5) is 24.4. The molecule has 1 aliphatic rings. The number of hydrogen-bond donors (Lipinski definition) is 2. The third-order valence-corrected chi connectivity index (χ3v) is 2.96. The van der Waals surface area contributed by atoms with Crippen LogP contribution in [0.2, 0.25) is 0 Å². The van der Waals surface area contributed by atoms with Crippen molar-refractivity contribution in [2.75, 3.05) is 19.6 Å². The molecule has 0 aliphatic carbocycles. The van der Waals surface area contributed by atoms with E-state index in [1.165, 1.54) is 0 Å². The summed E-state index contributed by atoms with van der Waals surface area (Å²) < 4.78 is 0. The van der Waals surface area contributed by atoms with Crippen molar-refractivity contribution in [3.63, 3.8) is 0 Å². The van der Waals surface area contributed by atoms with Crippen LogP contribution >= 0.6 is 0 Å². The lowest BCUT2D eigenvalue weighted by Gasteiger charge is -2.35. The normalized spacial score (nSPS) is 22.3. The number of piperazine rings is 1. The van der Waals surface area contributed by atoms with Crippen molar-refractivity contribution in [2.45, 2.75) is 39.7 Å². The van der Waals surface area contributed by atoms with Gasteiger partial charge in [0, 0.05) is 13.1 Å². The van der Waals surface area contributed by atoms with E-state index in [1.54, 1.807) is 0 Å². The van der Waals surface area contributed by atoms with Crippen LogP contribution in [-0.4, -0.2) is 47.6 Å². The molecule has 0 bridgehead atoms. The van der Waals surface area contributed by atoms with E-state index in [9.17, 15) is 9.59 Å². The monoisotopic (exact) mass is 242 g/mol. The van der Waals surface area contributed by atoms with Gasteiger partial charge in [-0.2, -0.15) is 0 Å². The average molecular weight is 242 g/mol. The number of amides is 1. The smallest absolute Gasteiger partial charge is 0.305 e. The molecule has 1 aliphatic heterocycles. The van der Waals surface area contributed by atoms with E-state index in [1.807, 2.05) is 4.90 Å². The number of rotatable bonds is 4. The van der Waals surface area contributed by atoms with Gasteiger partial charge in [-0.25, -0.2) is 0 Å². The highest BCUT2D eigenvalue weighted by Gasteiger charge is 2.31. The van der Waals surface area contributed by atoms with E-state index in [0.717, 1.165) is 19.5 Å². The van der Waals surface area contributed by atoms with Crippen molar-refractivity contribution >= 4 is 11.9 Å². The summed E-state index contributed by atoms with van der Waals surface area (Å²) in [6.07, 6.45) is 0.840. The lowest BCUT2D eigenvalue weighted by atomic mass is 9.91. The Labute approximate surface area is 102 Å². The largest absolute Gasteiger partial charge is 0.481 e. The van der Waals surface area contributed by atoms with Gasteiger partial charge in [-0.05, 0) is 18.4 Å². The molecule has 0 radical (unpaired) electrons. The topological polar surface area (TPSA) is 69.6 Å². The maximum atomic E-state index is 11.6. The Morgan fingerprint density at radius 1 is 1.53 bits per heavy atom. The average Bonchev–Trinajstić information content (AvgIpc) is 2.17. The fourth-order valence-corrected chi connectivity index (χ4v) is 1.90. The Morgan fingerprint density at radius 3 is 2.71 bits per heavy atom. The summed E-state index contributed by atoms with van der Waals surface area (Å²) in [5.74, 6) is -1.08. The fraction of sp³-hybridized carbons (Fsp3) is 0.833. The zero-order chi connectivity index (χ0) is 13.1. The van der Waals surface area contributed by atoms with Crippen LogP contribution < -0.4 is 5.32 Å². The van der Waals surface area contributed by atoms with Gasteiger partial charge in [0.25, 0.3) is 0 Å². The molecule has 0 spiro atoms. The number of hydrogen-bond acceptors (Lipinski definition) is 3. The molecule has 1 atom stereocenters. The summed E-state index contributed by atoms with van der Waals surface area (Å²) in [5, 5.41) is 11.5. The zero-order valence-electron chi connectivity index (χ0n) is 10.8. The summed E-state index contributed by atoms with van der Waals surface area (Å²) in [5.41, 5.74) is 0.196. The van der Waals surface area contributed by atoms with E-state index in [-0.39, 0.29) is 17.7 Å². The van der Waals surface area contributed by atoms with Crippen LogP contribution in [0.25, 0.3) is 0 Å². The molecule has 17 heavy (non-hydrogen) atoms. The van der Waals surface area contributed by atoms with Gasteiger partial charge >= 0.3 is 5.97 Å². The molecule has 5 nitrogen and oxygen atoms in total. The summed E-state index contributed by atoms with van der Waals surface area (Å²) >= 11 is 0. The highest BCUT2D eigenvalue weighted by molar-refractivity contribution is 5.86. The molecule has 0 aromatic rings. The van der Waals surface area contributed by atoms with Crippen LogP contribution in [0.5, 0.6) is 0 Å². The number of carbonyl (C=O) groups is 2. The maximum Gasteiger partial charge on any atom is 0.305 e. The first-order valence-electron chi connectivity index (χ1n) is 6.03. The molecular weight excluding hydrogens is 220 g/mol. The molecule has 0 aromatic carbocycles. The van der Waals surface area contributed by atoms with Gasteiger partial charge in [0.2, 0.25) is 5.91 Å². The molecule has 1 amide bonds. The molecule has 1 unspecified atom stereocenters. The van der Waals surface area contributed by atoms with Crippen molar-refractivity contribution in [3.8, 4) is 0 Å². The molecule has 5 heteroatoms. The Balaban J connectivity index is 2.59. The minimum absolute atomic E-state index is 0.115. The molecule has 1 fully saturated rings. The zero-order valence-corrected chi connectivity index (χ0v) is 10.8. The number of carboxylic acid groups (broad SMARTS) is 1. The van der Waals surface area contributed by atoms with Crippen molar-refractivity contribution < 1.29 is 14.7 Å². The standard InChI is InChI=1S/C12H22N2O3/c1-12(2,3)4-6-14-7-5-13-11(17)9(14)8-10(15)16/h9H,4-8H2,1-3H3,(H,13,17)(H,15,16). The van der Waals surface area contributed by atoms with E-state index in [0.29, 0.717) is 6.54 Å². The second-order valence-electron chi connectivity index (χ2n) is 5.75. The van der Waals surface area contributed by atoms with Crippen molar-refractivity contribution in [1.29, 1.82) is 0 Å². The highest BCUT2D eigenvalue weighted by atomic mass is 16.4.